The zero-order chi connectivity index (χ0) is 14.5. The summed E-state index contributed by atoms with van der Waals surface area (Å²) in [5.74, 6) is 0.995. The van der Waals surface area contributed by atoms with Crippen LogP contribution in [-0.2, 0) is 19.4 Å². The molecule has 0 bridgehead atoms. The Bertz CT molecular complexity index is 542. The largest absolute Gasteiger partial charge is 0.469 e. The molecular weight excluding hydrogens is 250 g/mol. The van der Waals surface area contributed by atoms with E-state index in [0.717, 1.165) is 31.7 Å². The Kier molecular flexibility index (Phi) is 5.01. The molecule has 20 heavy (non-hydrogen) atoms. The summed E-state index contributed by atoms with van der Waals surface area (Å²) in [5.41, 5.74) is 3.70. The van der Waals surface area contributed by atoms with E-state index in [0.29, 0.717) is 0 Å². The van der Waals surface area contributed by atoms with Crippen molar-refractivity contribution in [3.63, 3.8) is 0 Å². The van der Waals surface area contributed by atoms with Crippen LogP contribution in [0.5, 0.6) is 0 Å². The van der Waals surface area contributed by atoms with Gasteiger partial charge in [0.1, 0.15) is 5.76 Å². The van der Waals surface area contributed by atoms with E-state index in [9.17, 15) is 0 Å². The van der Waals surface area contributed by atoms with Crippen molar-refractivity contribution in [2.24, 2.45) is 0 Å². The van der Waals surface area contributed by atoms with Gasteiger partial charge in [0.2, 0.25) is 0 Å². The minimum absolute atomic E-state index is 0.283. The van der Waals surface area contributed by atoms with Gasteiger partial charge in [0.25, 0.3) is 0 Å². The van der Waals surface area contributed by atoms with Crippen LogP contribution < -0.4 is 5.32 Å². The van der Waals surface area contributed by atoms with Crippen molar-refractivity contribution in [3.05, 3.63) is 41.1 Å². The van der Waals surface area contributed by atoms with E-state index in [1.54, 1.807) is 6.26 Å². The molecule has 4 nitrogen and oxygen atoms in total. The monoisotopic (exact) mass is 275 g/mol. The molecule has 0 saturated heterocycles. The first-order valence-electron chi connectivity index (χ1n) is 7.52. The Hall–Kier alpha value is -1.55. The van der Waals surface area contributed by atoms with Crippen molar-refractivity contribution in [2.75, 3.05) is 6.54 Å². The number of aromatic nitrogens is 2. The molecule has 2 heterocycles. The number of nitrogens with one attached hydrogen (secondary N) is 1. The highest BCUT2D eigenvalue weighted by Crippen LogP contribution is 2.23. The molecule has 1 atom stereocenters. The van der Waals surface area contributed by atoms with Crippen LogP contribution in [0.2, 0.25) is 0 Å². The predicted octanol–water partition coefficient (Wildman–Crippen LogP) is 3.26. The lowest BCUT2D eigenvalue weighted by Crippen LogP contribution is -2.24. The van der Waals surface area contributed by atoms with Gasteiger partial charge in [-0.3, -0.25) is 4.68 Å². The van der Waals surface area contributed by atoms with Gasteiger partial charge in [-0.2, -0.15) is 5.10 Å². The minimum Gasteiger partial charge on any atom is -0.469 e. The number of likely N-dealkylation sites (N-methyl/N-ethyl adjacent to an activating group) is 1. The van der Waals surface area contributed by atoms with Gasteiger partial charge in [-0.25, -0.2) is 0 Å². The standard InChI is InChI=1S/C16H25N3O/c1-5-13-10-14(19(7-3)18-13)11-16(17-6-2)15-8-9-20-12(15)4/h8-10,16-17H,5-7,11H2,1-4H3. The summed E-state index contributed by atoms with van der Waals surface area (Å²) in [6.45, 7) is 10.3. The second-order valence-electron chi connectivity index (χ2n) is 5.04. The van der Waals surface area contributed by atoms with Crippen LogP contribution in [-0.4, -0.2) is 16.3 Å². The molecule has 0 fully saturated rings. The first-order chi connectivity index (χ1) is 9.69. The van der Waals surface area contributed by atoms with Crippen LogP contribution in [0.4, 0.5) is 0 Å². The van der Waals surface area contributed by atoms with Crippen molar-refractivity contribution >= 4 is 0 Å². The number of furan rings is 1. The molecule has 0 saturated carbocycles. The van der Waals surface area contributed by atoms with E-state index >= 15 is 0 Å². The molecule has 110 valence electrons. The normalized spacial score (nSPS) is 12.8. The molecule has 2 rings (SSSR count). The highest BCUT2D eigenvalue weighted by molar-refractivity contribution is 5.23. The van der Waals surface area contributed by atoms with E-state index in [1.165, 1.54) is 17.0 Å². The highest BCUT2D eigenvalue weighted by Gasteiger charge is 2.18. The van der Waals surface area contributed by atoms with Gasteiger partial charge in [-0.05, 0) is 38.9 Å². The smallest absolute Gasteiger partial charge is 0.105 e. The van der Waals surface area contributed by atoms with Gasteiger partial charge in [-0.15, -0.1) is 0 Å². The lowest BCUT2D eigenvalue weighted by atomic mass is 10.0. The summed E-state index contributed by atoms with van der Waals surface area (Å²) < 4.78 is 7.56. The van der Waals surface area contributed by atoms with Crippen LogP contribution in [0.1, 0.15) is 49.5 Å². The van der Waals surface area contributed by atoms with Crippen molar-refractivity contribution in [3.8, 4) is 0 Å². The molecular formula is C16H25N3O. The first-order valence-corrected chi connectivity index (χ1v) is 7.52. The van der Waals surface area contributed by atoms with Crippen molar-refractivity contribution in [1.82, 2.24) is 15.1 Å². The van der Waals surface area contributed by atoms with Crippen LogP contribution in [0.15, 0.2) is 22.8 Å². The summed E-state index contributed by atoms with van der Waals surface area (Å²) in [7, 11) is 0. The lowest BCUT2D eigenvalue weighted by molar-refractivity contribution is 0.489. The number of nitrogens with zero attached hydrogens (tertiary/aromatic N) is 2. The Morgan fingerprint density at radius 2 is 2.15 bits per heavy atom. The summed E-state index contributed by atoms with van der Waals surface area (Å²) in [6, 6.07) is 4.57. The maximum Gasteiger partial charge on any atom is 0.105 e. The number of rotatable bonds is 7. The van der Waals surface area contributed by atoms with Crippen LogP contribution >= 0.6 is 0 Å². The third-order valence-electron chi connectivity index (χ3n) is 3.71. The van der Waals surface area contributed by atoms with E-state index in [4.69, 9.17) is 4.42 Å². The molecule has 0 radical (unpaired) electrons. The Morgan fingerprint density at radius 1 is 1.35 bits per heavy atom. The topological polar surface area (TPSA) is 43.0 Å². The summed E-state index contributed by atoms with van der Waals surface area (Å²) in [5, 5.41) is 8.18. The molecule has 0 aromatic carbocycles. The first kappa shape index (κ1) is 14.9. The van der Waals surface area contributed by atoms with Gasteiger partial charge in [0, 0.05) is 30.3 Å². The molecule has 0 aliphatic heterocycles. The second-order valence-corrected chi connectivity index (χ2v) is 5.04. The maximum absolute atomic E-state index is 5.45. The molecule has 1 unspecified atom stereocenters. The predicted molar refractivity (Wildman–Crippen MR) is 80.8 cm³/mol. The zero-order valence-electron chi connectivity index (χ0n) is 12.9. The summed E-state index contributed by atoms with van der Waals surface area (Å²) in [4.78, 5) is 0. The van der Waals surface area contributed by atoms with Crippen LogP contribution in [0.3, 0.4) is 0 Å². The maximum atomic E-state index is 5.45. The van der Waals surface area contributed by atoms with E-state index < -0.39 is 0 Å². The molecule has 2 aromatic rings. The molecule has 0 aliphatic rings. The van der Waals surface area contributed by atoms with Crippen molar-refractivity contribution < 1.29 is 4.42 Å². The molecule has 0 aliphatic carbocycles. The second kappa shape index (κ2) is 6.75. The van der Waals surface area contributed by atoms with Crippen LogP contribution in [0.25, 0.3) is 0 Å². The molecule has 4 heteroatoms. The van der Waals surface area contributed by atoms with E-state index in [1.807, 2.05) is 6.92 Å². The fourth-order valence-electron chi connectivity index (χ4n) is 2.63. The zero-order valence-corrected chi connectivity index (χ0v) is 12.9. The average Bonchev–Trinajstić information content (AvgIpc) is 3.04. The molecule has 2 aromatic heterocycles. The Morgan fingerprint density at radius 3 is 2.70 bits per heavy atom. The third kappa shape index (κ3) is 3.12. The van der Waals surface area contributed by atoms with Crippen molar-refractivity contribution in [2.45, 2.75) is 53.1 Å². The highest BCUT2D eigenvalue weighted by atomic mass is 16.3. The Balaban J connectivity index is 2.24. The number of aryl methyl sites for hydroxylation is 3. The van der Waals surface area contributed by atoms with Gasteiger partial charge in [0.15, 0.2) is 0 Å². The fraction of sp³-hybridized carbons (Fsp3) is 0.562. The van der Waals surface area contributed by atoms with Gasteiger partial charge < -0.3 is 9.73 Å². The number of hydrogen-bond donors (Lipinski definition) is 1. The molecule has 1 N–H and O–H groups in total. The van der Waals surface area contributed by atoms with Gasteiger partial charge in [0.05, 0.1) is 12.0 Å². The average molecular weight is 275 g/mol. The quantitative estimate of drug-likeness (QED) is 0.843. The lowest BCUT2D eigenvalue weighted by Gasteiger charge is -2.18. The third-order valence-corrected chi connectivity index (χ3v) is 3.71. The fourth-order valence-corrected chi connectivity index (χ4v) is 2.63. The van der Waals surface area contributed by atoms with Gasteiger partial charge in [-0.1, -0.05) is 13.8 Å². The summed E-state index contributed by atoms with van der Waals surface area (Å²) >= 11 is 0. The van der Waals surface area contributed by atoms with Crippen molar-refractivity contribution in [1.29, 1.82) is 0 Å². The van der Waals surface area contributed by atoms with Crippen LogP contribution in [0, 0.1) is 6.92 Å². The SMILES string of the molecule is CCNC(Cc1cc(CC)nn1CC)c1ccoc1C. The molecule has 0 amide bonds. The Labute approximate surface area is 121 Å². The van der Waals surface area contributed by atoms with E-state index in [-0.39, 0.29) is 6.04 Å². The van der Waals surface area contributed by atoms with E-state index in [2.05, 4.69) is 48.0 Å². The minimum atomic E-state index is 0.283. The summed E-state index contributed by atoms with van der Waals surface area (Å²) in [6.07, 6.45) is 3.69. The number of hydrogen-bond acceptors (Lipinski definition) is 3. The van der Waals surface area contributed by atoms with Gasteiger partial charge >= 0.3 is 0 Å². The molecule has 0 spiro atoms.